The van der Waals surface area contributed by atoms with Crippen LogP contribution in [0.15, 0.2) is 65.6 Å². The second-order valence-electron chi connectivity index (χ2n) is 8.15. The lowest BCUT2D eigenvalue weighted by atomic mass is 10.1. The van der Waals surface area contributed by atoms with E-state index in [2.05, 4.69) is 29.7 Å². The first-order valence-corrected chi connectivity index (χ1v) is 13.0. The number of nitro groups is 1. The van der Waals surface area contributed by atoms with Crippen molar-refractivity contribution in [3.8, 4) is 11.5 Å². The first kappa shape index (κ1) is 26.4. The highest BCUT2D eigenvalue weighted by atomic mass is 35.5. The van der Waals surface area contributed by atoms with Gasteiger partial charge in [0.05, 0.1) is 21.5 Å². The van der Waals surface area contributed by atoms with Crippen molar-refractivity contribution >= 4 is 46.7 Å². The Morgan fingerprint density at radius 3 is 2.43 bits per heavy atom. The number of nitrogens with zero attached hydrogens (tertiary/aromatic N) is 1. The van der Waals surface area contributed by atoms with Gasteiger partial charge in [0.15, 0.2) is 17.0 Å². The molecule has 1 heterocycles. The lowest BCUT2D eigenvalue weighted by Crippen LogP contribution is -2.30. The summed E-state index contributed by atoms with van der Waals surface area (Å²) in [6.07, 6.45) is 2.73. The number of anilines is 1. The topological polar surface area (TPSA) is 103 Å². The maximum absolute atomic E-state index is 12.6. The van der Waals surface area contributed by atoms with Crippen molar-refractivity contribution in [2.45, 2.75) is 32.4 Å². The Labute approximate surface area is 224 Å². The molecule has 0 spiro atoms. The van der Waals surface area contributed by atoms with Crippen LogP contribution in [-0.4, -0.2) is 22.9 Å². The van der Waals surface area contributed by atoms with Gasteiger partial charge < -0.3 is 20.1 Å². The second kappa shape index (κ2) is 12.0. The van der Waals surface area contributed by atoms with Gasteiger partial charge in [-0.05, 0) is 72.5 Å². The molecule has 2 N–H and O–H groups in total. The number of hydrogen-bond acceptors (Lipinski definition) is 7. The number of nitro benzene ring substituents is 1. The van der Waals surface area contributed by atoms with Gasteiger partial charge in [-0.3, -0.25) is 14.9 Å². The summed E-state index contributed by atoms with van der Waals surface area (Å²) in [5, 5.41) is 17.4. The Morgan fingerprint density at radius 1 is 1.08 bits per heavy atom. The summed E-state index contributed by atoms with van der Waals surface area (Å²) < 4.78 is 11.7. The van der Waals surface area contributed by atoms with E-state index in [4.69, 9.17) is 21.1 Å². The number of rotatable bonds is 10. The summed E-state index contributed by atoms with van der Waals surface area (Å²) in [5.74, 6) is 0.626. The molecule has 3 aromatic carbocycles. The molecule has 0 unspecified atom stereocenters. The number of aryl methyl sites for hydroxylation is 1. The molecule has 37 heavy (non-hydrogen) atoms. The molecule has 1 fully saturated rings. The highest BCUT2D eigenvalue weighted by molar-refractivity contribution is 8.05. The first-order chi connectivity index (χ1) is 17.9. The fourth-order valence-electron chi connectivity index (χ4n) is 3.65. The Bertz CT molecular complexity index is 1310. The molecule has 0 bridgehead atoms. The number of nitrogens with one attached hydrogen (secondary N) is 2. The lowest BCUT2D eigenvalue weighted by Gasteiger charge is -2.15. The van der Waals surface area contributed by atoms with Crippen LogP contribution in [0.25, 0.3) is 6.08 Å². The van der Waals surface area contributed by atoms with Crippen molar-refractivity contribution < 1.29 is 19.2 Å². The molecule has 1 aliphatic heterocycles. The Hall–Kier alpha value is -3.69. The third-order valence-corrected chi connectivity index (χ3v) is 6.86. The molecule has 0 aromatic heterocycles. The molecular weight excluding hydrogens is 514 g/mol. The minimum atomic E-state index is -0.452. The van der Waals surface area contributed by atoms with Crippen molar-refractivity contribution in [3.63, 3.8) is 0 Å². The summed E-state index contributed by atoms with van der Waals surface area (Å²) in [7, 11) is 0. The van der Waals surface area contributed by atoms with Gasteiger partial charge in [-0.2, -0.15) is 0 Å². The number of carbonyl (C=O) groups excluding carboxylic acids is 1. The standard InChI is InChI=1S/C27H26ClN3O5S/c1-3-17-5-9-20(10-6-17)29-27-30-26(32)24(37-27)15-19-13-22(28)25(23(14-19)35-4-2)36-16-18-7-11-21(12-8-18)31(33)34/h5-15,27,29H,3-4,16H2,1-2H3,(H,30,32)/b24-15-/t27-/m0/s1. The van der Waals surface area contributed by atoms with Gasteiger partial charge in [-0.25, -0.2) is 0 Å². The predicted octanol–water partition coefficient (Wildman–Crippen LogP) is 6.39. The van der Waals surface area contributed by atoms with Gasteiger partial charge in [-0.15, -0.1) is 0 Å². The van der Waals surface area contributed by atoms with Crippen LogP contribution in [0.1, 0.15) is 30.5 Å². The number of thioether (sulfide) groups is 1. The summed E-state index contributed by atoms with van der Waals surface area (Å²) in [4.78, 5) is 23.5. The molecule has 1 amide bonds. The molecule has 1 atom stereocenters. The van der Waals surface area contributed by atoms with Crippen molar-refractivity contribution in [2.24, 2.45) is 0 Å². The van der Waals surface area contributed by atoms with E-state index in [0.29, 0.717) is 33.6 Å². The summed E-state index contributed by atoms with van der Waals surface area (Å²) >= 11 is 7.93. The second-order valence-corrected chi connectivity index (χ2v) is 9.70. The molecule has 0 aliphatic carbocycles. The van der Waals surface area contributed by atoms with Crippen LogP contribution in [0.4, 0.5) is 11.4 Å². The fraction of sp³-hybridized carbons (Fsp3) is 0.222. The highest BCUT2D eigenvalue weighted by Gasteiger charge is 2.27. The zero-order valence-corrected chi connectivity index (χ0v) is 21.9. The van der Waals surface area contributed by atoms with E-state index in [-0.39, 0.29) is 23.7 Å². The van der Waals surface area contributed by atoms with Gasteiger partial charge in [0.25, 0.3) is 11.6 Å². The van der Waals surface area contributed by atoms with Crippen LogP contribution in [0.5, 0.6) is 11.5 Å². The quantitative estimate of drug-likeness (QED) is 0.175. The first-order valence-electron chi connectivity index (χ1n) is 11.7. The van der Waals surface area contributed by atoms with Gasteiger partial charge in [-0.1, -0.05) is 42.4 Å². The van der Waals surface area contributed by atoms with E-state index in [0.717, 1.165) is 17.7 Å². The molecule has 8 nitrogen and oxygen atoms in total. The van der Waals surface area contributed by atoms with Crippen LogP contribution < -0.4 is 20.1 Å². The average Bonchev–Trinajstić information content (AvgIpc) is 3.22. The van der Waals surface area contributed by atoms with E-state index in [9.17, 15) is 14.9 Å². The number of halogens is 1. The highest BCUT2D eigenvalue weighted by Crippen LogP contribution is 2.39. The van der Waals surface area contributed by atoms with Crippen LogP contribution >= 0.6 is 23.4 Å². The zero-order chi connectivity index (χ0) is 26.4. The van der Waals surface area contributed by atoms with E-state index in [1.54, 1.807) is 30.3 Å². The molecule has 0 saturated carbocycles. The molecule has 1 aliphatic rings. The number of benzene rings is 3. The monoisotopic (exact) mass is 539 g/mol. The summed E-state index contributed by atoms with van der Waals surface area (Å²) in [5.41, 5.74) is 3.33. The van der Waals surface area contributed by atoms with Crippen LogP contribution in [-0.2, 0) is 17.8 Å². The predicted molar refractivity (Wildman–Crippen MR) is 147 cm³/mol. The maximum Gasteiger partial charge on any atom is 0.269 e. The maximum atomic E-state index is 12.6. The molecule has 10 heteroatoms. The zero-order valence-electron chi connectivity index (χ0n) is 20.3. The molecule has 4 rings (SSSR count). The van der Waals surface area contributed by atoms with Crippen molar-refractivity contribution in [1.82, 2.24) is 5.32 Å². The van der Waals surface area contributed by atoms with Crippen LogP contribution in [0.2, 0.25) is 5.02 Å². The molecule has 0 radical (unpaired) electrons. The summed E-state index contributed by atoms with van der Waals surface area (Å²) in [6, 6.07) is 17.7. The van der Waals surface area contributed by atoms with E-state index in [1.807, 2.05) is 19.1 Å². The smallest absolute Gasteiger partial charge is 0.269 e. The van der Waals surface area contributed by atoms with Gasteiger partial charge in [0, 0.05) is 17.8 Å². The number of amides is 1. The number of non-ortho nitro benzene ring substituents is 1. The molecule has 192 valence electrons. The normalized spacial score (nSPS) is 15.9. The van der Waals surface area contributed by atoms with E-state index in [1.165, 1.54) is 29.5 Å². The van der Waals surface area contributed by atoms with Crippen LogP contribution in [0, 0.1) is 10.1 Å². The summed E-state index contributed by atoms with van der Waals surface area (Å²) in [6.45, 7) is 4.50. The van der Waals surface area contributed by atoms with E-state index >= 15 is 0 Å². The van der Waals surface area contributed by atoms with Gasteiger partial charge >= 0.3 is 0 Å². The van der Waals surface area contributed by atoms with E-state index < -0.39 is 4.92 Å². The number of ether oxygens (including phenoxy) is 2. The Balaban J connectivity index is 1.47. The molecule has 3 aromatic rings. The molecule has 1 saturated heterocycles. The fourth-order valence-corrected chi connectivity index (χ4v) is 4.91. The lowest BCUT2D eigenvalue weighted by molar-refractivity contribution is -0.384. The van der Waals surface area contributed by atoms with Gasteiger partial charge in [0.2, 0.25) is 0 Å². The average molecular weight is 540 g/mol. The van der Waals surface area contributed by atoms with Gasteiger partial charge in [0.1, 0.15) is 6.61 Å². The van der Waals surface area contributed by atoms with Crippen molar-refractivity contribution in [2.75, 3.05) is 11.9 Å². The third kappa shape index (κ3) is 6.75. The SMILES string of the molecule is CCOc1cc(/C=C2\S[C@@H](Nc3ccc(CC)cc3)NC2=O)cc(Cl)c1OCc1ccc([N+](=O)[O-])cc1. The number of hydrogen-bond donors (Lipinski definition) is 2. The van der Waals surface area contributed by atoms with Crippen molar-refractivity contribution in [3.05, 3.63) is 97.4 Å². The largest absolute Gasteiger partial charge is 0.490 e. The minimum Gasteiger partial charge on any atom is -0.490 e. The molecular formula is C27H26ClN3O5S. The minimum absolute atomic E-state index is 0.00911. The Morgan fingerprint density at radius 2 is 1.78 bits per heavy atom. The third-order valence-electron chi connectivity index (χ3n) is 5.55. The number of carbonyl (C=O) groups is 1. The van der Waals surface area contributed by atoms with Crippen molar-refractivity contribution in [1.29, 1.82) is 0 Å². The Kier molecular flexibility index (Phi) is 8.58. The van der Waals surface area contributed by atoms with Crippen LogP contribution in [0.3, 0.4) is 0 Å².